The molecule has 0 heterocycles. The Morgan fingerprint density at radius 3 is 1.11 bits per heavy atom. The zero-order valence-electron chi connectivity index (χ0n) is 7.76. The number of carbonyl (C=O) groups is 2. The monoisotopic (exact) mass is 316 g/mol. The summed E-state index contributed by atoms with van der Waals surface area (Å²) in [5.74, 6) is -5.07. The van der Waals surface area contributed by atoms with Gasteiger partial charge < -0.3 is 23.4 Å². The van der Waals surface area contributed by atoms with Crippen LogP contribution in [0.1, 0.15) is 0 Å². The van der Waals surface area contributed by atoms with E-state index in [1.165, 1.54) is 0 Å². The van der Waals surface area contributed by atoms with Crippen LogP contribution in [0.25, 0.3) is 0 Å². The zero-order chi connectivity index (χ0) is 15.1. The minimum absolute atomic E-state index is 2.17. The Bertz CT molecular complexity index is 444. The first kappa shape index (κ1) is 19.0. The van der Waals surface area contributed by atoms with E-state index < -0.39 is 40.3 Å². The Morgan fingerprint density at radius 1 is 0.833 bits per heavy atom. The lowest BCUT2D eigenvalue weighted by Gasteiger charge is -1.95. The summed E-state index contributed by atoms with van der Waals surface area (Å²) in [7, 11) is -13.7. The van der Waals surface area contributed by atoms with Gasteiger partial charge in [-0.25, -0.2) is 9.59 Å². The van der Waals surface area contributed by atoms with Gasteiger partial charge in [0.25, 0.3) is 0 Å². The first-order chi connectivity index (χ1) is 7.74. The zero-order valence-corrected chi connectivity index (χ0v) is 9.39. The normalized spacial score (nSPS) is 10.7. The van der Waals surface area contributed by atoms with Crippen LogP contribution >= 0.6 is 0 Å². The van der Waals surface area contributed by atoms with Crippen molar-refractivity contribution in [2.24, 2.45) is 0 Å². The molecule has 16 heteroatoms. The van der Waals surface area contributed by atoms with E-state index in [1.54, 1.807) is 0 Å². The highest BCUT2D eigenvalue weighted by atomic mass is 32.3. The molecule has 0 fully saturated rings. The Balaban J connectivity index is 0. The maximum atomic E-state index is 11.5. The van der Waals surface area contributed by atoms with Gasteiger partial charge in [0.2, 0.25) is 0 Å². The molecule has 0 amide bonds. The third kappa shape index (κ3) is 17.1. The van der Waals surface area contributed by atoms with Crippen molar-refractivity contribution < 1.29 is 57.6 Å². The second kappa shape index (κ2) is 7.16. The molecule has 0 aromatic rings. The van der Waals surface area contributed by atoms with E-state index in [0.29, 0.717) is 0 Å². The molecule has 18 heavy (non-hydrogen) atoms. The number of hydrogen-bond donors (Lipinski definition) is 3. The van der Waals surface area contributed by atoms with E-state index in [1.807, 2.05) is 0 Å². The van der Waals surface area contributed by atoms with Crippen LogP contribution in [0.5, 0.6) is 0 Å². The topological polar surface area (TPSA) is 182 Å². The van der Waals surface area contributed by atoms with Crippen molar-refractivity contribution >= 4 is 40.3 Å². The number of hydrogen-bond acceptors (Lipinski definition) is 11. The number of rotatable bonds is 2. The highest BCUT2D eigenvalue weighted by Crippen LogP contribution is 2.00. The molecule has 0 aliphatic rings. The predicted octanol–water partition coefficient (Wildman–Crippen LogP) is -3.55. The molecule has 11 nitrogen and oxygen atoms in total. The van der Waals surface area contributed by atoms with Gasteiger partial charge in [-0.1, -0.05) is 7.77 Å². The Morgan fingerprint density at radius 2 is 1.00 bits per heavy atom. The molecule has 0 saturated carbocycles. The summed E-state index contributed by atoms with van der Waals surface area (Å²) in [6.07, 6.45) is 0. The maximum Gasteiger partial charge on any atom is 0.631 e. The number of halogens is 2. The summed E-state index contributed by atoms with van der Waals surface area (Å²) in [4.78, 5) is 20.2. The van der Waals surface area contributed by atoms with E-state index in [-0.39, 0.29) is 0 Å². The van der Waals surface area contributed by atoms with Gasteiger partial charge in [0.05, 0.1) is 0 Å². The highest BCUT2D eigenvalue weighted by molar-refractivity contribution is 7.82. The third-order valence-electron chi connectivity index (χ3n) is 0.517. The van der Waals surface area contributed by atoms with Crippen LogP contribution in [-0.4, -0.2) is 51.2 Å². The van der Waals surface area contributed by atoms with Gasteiger partial charge in [-0.05, 0) is 0 Å². The smallest absolute Gasteiger partial charge is 0.402 e. The van der Waals surface area contributed by atoms with Gasteiger partial charge in [-0.2, -0.15) is 16.8 Å². The van der Waals surface area contributed by atoms with Gasteiger partial charge in [0, 0.05) is 0 Å². The van der Waals surface area contributed by atoms with Crippen LogP contribution in [0, 0.1) is 0 Å². The lowest BCUT2D eigenvalue weighted by molar-refractivity contribution is -0.156. The summed E-state index contributed by atoms with van der Waals surface area (Å²) in [5.41, 5.74) is 0. The molecule has 3 N–H and O–H groups in total. The van der Waals surface area contributed by atoms with Crippen LogP contribution in [0.3, 0.4) is 0 Å². The lowest BCUT2D eigenvalue weighted by atomic mass is 10.3. The third-order valence-corrected chi connectivity index (χ3v) is 1.22. The van der Waals surface area contributed by atoms with E-state index in [0.717, 1.165) is 0 Å². The van der Waals surface area contributed by atoms with E-state index >= 15 is 0 Å². The summed E-state index contributed by atoms with van der Waals surface area (Å²) in [6, 6.07) is 0. The maximum absolute atomic E-state index is 11.5. The van der Waals surface area contributed by atoms with Crippen LogP contribution in [0.2, 0.25) is 0 Å². The van der Waals surface area contributed by atoms with Gasteiger partial charge in [-0.15, -0.1) is 0 Å². The predicted molar refractivity (Wildman–Crippen MR) is 44.7 cm³/mol. The molecule has 0 aliphatic heterocycles. The molecule has 0 saturated heterocycles. The van der Waals surface area contributed by atoms with Gasteiger partial charge >= 0.3 is 40.3 Å². The Labute approximate surface area is 98.6 Å². The standard InChI is InChI=1S/C2F2O8S2.BH3O3/c3-13(7,8)11-1(5)2(6)12-14(4,9)10;2-1(3)4/h;2-4H. The van der Waals surface area contributed by atoms with Crippen molar-refractivity contribution in [1.29, 1.82) is 0 Å². The van der Waals surface area contributed by atoms with Crippen molar-refractivity contribution in [1.82, 2.24) is 0 Å². The highest BCUT2D eigenvalue weighted by Gasteiger charge is 2.29. The first-order valence-electron chi connectivity index (χ1n) is 3.15. The van der Waals surface area contributed by atoms with Crippen molar-refractivity contribution in [2.45, 2.75) is 0 Å². The van der Waals surface area contributed by atoms with Crippen molar-refractivity contribution in [3.05, 3.63) is 0 Å². The molecule has 0 spiro atoms. The molecule has 0 aromatic carbocycles. The van der Waals surface area contributed by atoms with E-state index in [2.05, 4.69) is 8.37 Å². The molecule has 0 atom stereocenters. The molecule has 0 radical (unpaired) electrons. The fraction of sp³-hybridized carbons (Fsp3) is 0. The molecule has 0 unspecified atom stereocenters. The van der Waals surface area contributed by atoms with Crippen molar-refractivity contribution in [3.63, 3.8) is 0 Å². The van der Waals surface area contributed by atoms with Crippen molar-refractivity contribution in [3.8, 4) is 0 Å². The summed E-state index contributed by atoms with van der Waals surface area (Å²) < 4.78 is 66.6. The molecule has 106 valence electrons. The van der Waals surface area contributed by atoms with Crippen molar-refractivity contribution in [2.75, 3.05) is 0 Å². The average molecular weight is 316 g/mol. The molecule has 0 aliphatic carbocycles. The Kier molecular flexibility index (Phi) is 7.56. The minimum atomic E-state index is -5.79. The molecular weight excluding hydrogens is 313 g/mol. The molecule has 0 bridgehead atoms. The van der Waals surface area contributed by atoms with Gasteiger partial charge in [0.1, 0.15) is 0 Å². The molecule has 0 aromatic heterocycles. The average Bonchev–Trinajstić information content (AvgIpc) is 1.95. The fourth-order valence-electron chi connectivity index (χ4n) is 0.249. The summed E-state index contributed by atoms with van der Waals surface area (Å²) in [6.45, 7) is 0. The summed E-state index contributed by atoms with van der Waals surface area (Å²) in [5, 5.41) is 21.5. The van der Waals surface area contributed by atoms with Gasteiger partial charge in [-0.3, -0.25) is 0 Å². The first-order valence-corrected chi connectivity index (χ1v) is 5.77. The van der Waals surface area contributed by atoms with Crippen LogP contribution < -0.4 is 0 Å². The largest absolute Gasteiger partial charge is 0.631 e. The molecule has 0 rings (SSSR count). The minimum Gasteiger partial charge on any atom is -0.402 e. The van der Waals surface area contributed by atoms with Crippen LogP contribution in [0.4, 0.5) is 7.77 Å². The quantitative estimate of drug-likeness (QED) is 0.260. The number of carbonyl (C=O) groups excluding carboxylic acids is 2. The summed E-state index contributed by atoms with van der Waals surface area (Å²) >= 11 is 0. The lowest BCUT2D eigenvalue weighted by Crippen LogP contribution is -2.23. The molecular formula is C2H3BF2O11S2. The van der Waals surface area contributed by atoms with Gasteiger partial charge in [0.15, 0.2) is 0 Å². The second-order valence-electron chi connectivity index (χ2n) is 1.87. The van der Waals surface area contributed by atoms with E-state index in [4.69, 9.17) is 15.1 Å². The Hall–Kier alpha value is -1.36. The van der Waals surface area contributed by atoms with E-state index in [9.17, 15) is 34.2 Å². The fourth-order valence-corrected chi connectivity index (χ4v) is 0.747. The van der Waals surface area contributed by atoms with Crippen LogP contribution in [-0.2, 0) is 39.0 Å². The van der Waals surface area contributed by atoms with Crippen LogP contribution in [0.15, 0.2) is 0 Å². The SMILES string of the molecule is O=C(OS(=O)(=O)F)C(=O)OS(=O)(=O)F.OB(O)O. The second-order valence-corrected chi connectivity index (χ2v) is 3.78.